The summed E-state index contributed by atoms with van der Waals surface area (Å²) in [6.07, 6.45) is 7.84. The largest absolute Gasteiger partial charge is 0.465 e. The molecule has 23 heavy (non-hydrogen) atoms. The molecule has 0 aliphatic heterocycles. The van der Waals surface area contributed by atoms with Gasteiger partial charge in [0.2, 0.25) is 0 Å². The molecule has 0 fully saturated rings. The van der Waals surface area contributed by atoms with Gasteiger partial charge >= 0.3 is 5.97 Å². The first kappa shape index (κ1) is 20.6. The van der Waals surface area contributed by atoms with Gasteiger partial charge in [-0.05, 0) is 18.4 Å². The van der Waals surface area contributed by atoms with E-state index in [0.29, 0.717) is 29.7 Å². The van der Waals surface area contributed by atoms with Gasteiger partial charge in [0.05, 0.1) is 18.1 Å². The van der Waals surface area contributed by atoms with E-state index in [-0.39, 0.29) is 11.1 Å². The number of halogens is 2. The fourth-order valence-electron chi connectivity index (χ4n) is 2.13. The van der Waals surface area contributed by atoms with E-state index in [1.165, 1.54) is 31.0 Å². The van der Waals surface area contributed by atoms with Crippen molar-refractivity contribution >= 4 is 40.9 Å². The first-order valence-corrected chi connectivity index (χ1v) is 9.91. The van der Waals surface area contributed by atoms with E-state index >= 15 is 0 Å². The van der Waals surface area contributed by atoms with E-state index in [1.807, 2.05) is 0 Å². The van der Waals surface area contributed by atoms with Gasteiger partial charge in [-0.15, -0.1) is 11.8 Å². The molecule has 0 aliphatic carbocycles. The predicted octanol–water partition coefficient (Wildman–Crippen LogP) is 6.02. The lowest BCUT2D eigenvalue weighted by molar-refractivity contribution is -0.144. The van der Waals surface area contributed by atoms with Gasteiger partial charge in [0.15, 0.2) is 0 Å². The van der Waals surface area contributed by atoms with Crippen molar-refractivity contribution in [3.8, 4) is 0 Å². The molecule has 0 radical (unpaired) electrons. The number of ether oxygens (including phenoxy) is 1. The fourth-order valence-corrected chi connectivity index (χ4v) is 3.49. The Morgan fingerprint density at radius 2 is 2.13 bits per heavy atom. The van der Waals surface area contributed by atoms with Gasteiger partial charge < -0.3 is 4.74 Å². The molecule has 3 nitrogen and oxygen atoms in total. The van der Waals surface area contributed by atoms with Gasteiger partial charge in [-0.25, -0.2) is 4.98 Å². The summed E-state index contributed by atoms with van der Waals surface area (Å²) >= 11 is 13.4. The number of carbonyl (C=O) groups is 1. The van der Waals surface area contributed by atoms with Crippen LogP contribution >= 0.6 is 35.0 Å². The van der Waals surface area contributed by atoms with Crippen LogP contribution in [0.3, 0.4) is 0 Å². The minimum absolute atomic E-state index is 0.150. The molecule has 0 spiro atoms. The van der Waals surface area contributed by atoms with E-state index in [2.05, 4.69) is 18.8 Å². The van der Waals surface area contributed by atoms with Gasteiger partial charge in [0.1, 0.15) is 5.15 Å². The predicted molar refractivity (Wildman–Crippen MR) is 98.5 cm³/mol. The highest BCUT2D eigenvalue weighted by Gasteiger charge is 2.11. The summed E-state index contributed by atoms with van der Waals surface area (Å²) < 4.78 is 5.39. The van der Waals surface area contributed by atoms with Crippen molar-refractivity contribution in [2.75, 3.05) is 12.4 Å². The number of unbranched alkanes of at least 4 members (excludes halogenated alkanes) is 2. The number of aromatic nitrogens is 1. The number of thioether (sulfide) groups is 1. The van der Waals surface area contributed by atoms with Crippen LogP contribution in [0.1, 0.15) is 52.4 Å². The van der Waals surface area contributed by atoms with Crippen molar-refractivity contribution in [1.82, 2.24) is 4.98 Å². The molecule has 6 heteroatoms. The lowest BCUT2D eigenvalue weighted by atomic mass is 10.00. The molecule has 1 aromatic rings. The standard InChI is InChI=1S/C17H25Cl2NO2S/c1-3-5-6-7-13(4-2)12-22-15(21)9-11-23-14-8-10-20-17(19)16(14)18/h8,10,13H,3-7,9,11-12H2,1-2H3. The number of hydrogen-bond acceptors (Lipinski definition) is 4. The summed E-state index contributed by atoms with van der Waals surface area (Å²) in [4.78, 5) is 16.6. The zero-order valence-electron chi connectivity index (χ0n) is 13.8. The second-order valence-electron chi connectivity index (χ2n) is 5.47. The van der Waals surface area contributed by atoms with E-state index in [9.17, 15) is 4.79 Å². The van der Waals surface area contributed by atoms with Crippen molar-refractivity contribution in [1.29, 1.82) is 0 Å². The maximum Gasteiger partial charge on any atom is 0.306 e. The van der Waals surface area contributed by atoms with Crippen LogP contribution in [0, 0.1) is 5.92 Å². The fraction of sp³-hybridized carbons (Fsp3) is 0.647. The molecule has 1 aromatic heterocycles. The normalized spacial score (nSPS) is 12.2. The second-order valence-corrected chi connectivity index (χ2v) is 7.34. The number of rotatable bonds is 11. The summed E-state index contributed by atoms with van der Waals surface area (Å²) in [6, 6.07) is 1.80. The molecule has 1 unspecified atom stereocenters. The minimum atomic E-state index is -0.150. The Kier molecular flexibility index (Phi) is 10.7. The zero-order chi connectivity index (χ0) is 17.1. The number of hydrogen-bond donors (Lipinski definition) is 0. The maximum absolute atomic E-state index is 11.8. The first-order valence-electron chi connectivity index (χ1n) is 8.16. The third kappa shape index (κ3) is 8.27. The number of esters is 1. The highest BCUT2D eigenvalue weighted by molar-refractivity contribution is 7.99. The molecular formula is C17H25Cl2NO2S. The van der Waals surface area contributed by atoms with E-state index in [1.54, 1.807) is 12.3 Å². The summed E-state index contributed by atoms with van der Waals surface area (Å²) in [5, 5.41) is 0.728. The third-order valence-electron chi connectivity index (χ3n) is 3.65. The quantitative estimate of drug-likeness (QED) is 0.204. The molecule has 1 atom stereocenters. The summed E-state index contributed by atoms with van der Waals surface area (Å²) in [7, 11) is 0. The van der Waals surface area contributed by atoms with Crippen LogP contribution in [0.15, 0.2) is 17.2 Å². The van der Waals surface area contributed by atoms with Crippen LogP contribution in [-0.2, 0) is 9.53 Å². The Morgan fingerprint density at radius 1 is 1.35 bits per heavy atom. The Hall–Kier alpha value is -0.450. The molecule has 1 rings (SSSR count). The van der Waals surface area contributed by atoms with Crippen LogP contribution in [0.5, 0.6) is 0 Å². The maximum atomic E-state index is 11.8. The Morgan fingerprint density at radius 3 is 2.83 bits per heavy atom. The van der Waals surface area contributed by atoms with Crippen molar-refractivity contribution in [3.05, 3.63) is 22.4 Å². The highest BCUT2D eigenvalue weighted by atomic mass is 35.5. The van der Waals surface area contributed by atoms with Gasteiger partial charge in [-0.1, -0.05) is 62.7 Å². The number of pyridine rings is 1. The first-order chi connectivity index (χ1) is 11.1. The van der Waals surface area contributed by atoms with Gasteiger partial charge in [-0.3, -0.25) is 4.79 Å². The molecule has 0 aliphatic rings. The zero-order valence-corrected chi connectivity index (χ0v) is 16.1. The van der Waals surface area contributed by atoms with Gasteiger partial charge in [-0.2, -0.15) is 0 Å². The number of carbonyl (C=O) groups excluding carboxylic acids is 1. The summed E-state index contributed by atoms with van der Waals surface area (Å²) in [6.45, 7) is 4.88. The van der Waals surface area contributed by atoms with E-state index in [0.717, 1.165) is 17.7 Å². The van der Waals surface area contributed by atoms with Crippen LogP contribution in [0.25, 0.3) is 0 Å². The SMILES string of the molecule is CCCCCC(CC)COC(=O)CCSc1ccnc(Cl)c1Cl. The topological polar surface area (TPSA) is 39.2 Å². The average molecular weight is 378 g/mol. The molecule has 0 aromatic carbocycles. The van der Waals surface area contributed by atoms with Crippen molar-refractivity contribution < 1.29 is 9.53 Å². The second kappa shape index (κ2) is 12.0. The molecule has 1 heterocycles. The monoisotopic (exact) mass is 377 g/mol. The molecule has 0 N–H and O–H groups in total. The van der Waals surface area contributed by atoms with Crippen molar-refractivity contribution in [2.45, 2.75) is 57.3 Å². The van der Waals surface area contributed by atoms with Gasteiger partial charge in [0, 0.05) is 16.8 Å². The minimum Gasteiger partial charge on any atom is -0.465 e. The van der Waals surface area contributed by atoms with E-state index in [4.69, 9.17) is 27.9 Å². The third-order valence-corrected chi connectivity index (χ3v) is 5.59. The summed E-state index contributed by atoms with van der Waals surface area (Å²) in [5.74, 6) is 0.945. The van der Waals surface area contributed by atoms with Crippen molar-refractivity contribution in [3.63, 3.8) is 0 Å². The molecule has 130 valence electrons. The van der Waals surface area contributed by atoms with E-state index < -0.39 is 0 Å². The van der Waals surface area contributed by atoms with Crippen LogP contribution in [-0.4, -0.2) is 23.3 Å². The Balaban J connectivity index is 2.24. The molecular weight excluding hydrogens is 353 g/mol. The lowest BCUT2D eigenvalue weighted by Crippen LogP contribution is -2.14. The summed E-state index contributed by atoms with van der Waals surface area (Å²) in [5.41, 5.74) is 0. The van der Waals surface area contributed by atoms with Gasteiger partial charge in [0.25, 0.3) is 0 Å². The molecule has 0 amide bonds. The Bertz CT molecular complexity index is 486. The molecule has 0 bridgehead atoms. The highest BCUT2D eigenvalue weighted by Crippen LogP contribution is 2.31. The van der Waals surface area contributed by atoms with Crippen LogP contribution < -0.4 is 0 Å². The average Bonchev–Trinajstić information content (AvgIpc) is 2.54. The number of nitrogens with zero attached hydrogens (tertiary/aromatic N) is 1. The smallest absolute Gasteiger partial charge is 0.306 e. The van der Waals surface area contributed by atoms with Crippen molar-refractivity contribution in [2.24, 2.45) is 5.92 Å². The molecule has 0 saturated carbocycles. The molecule has 0 saturated heterocycles. The van der Waals surface area contributed by atoms with Crippen LogP contribution in [0.2, 0.25) is 10.2 Å². The van der Waals surface area contributed by atoms with Crippen LogP contribution in [0.4, 0.5) is 0 Å². The Labute approximate surface area is 153 Å². The lowest BCUT2D eigenvalue weighted by Gasteiger charge is -2.14.